The lowest BCUT2D eigenvalue weighted by atomic mass is 10.00. The van der Waals surface area contributed by atoms with E-state index in [1.807, 2.05) is 29.1 Å². The third kappa shape index (κ3) is 10.6. The zero-order valence-corrected chi connectivity index (χ0v) is 32.6. The average molecular weight is 822 g/mol. The SMILES string of the molecule is CC(CO)(CO)NCc1cc(Cl)c(OCc2cccc(-c3cccc4c3cnn4CCCCN(CCO)CCO)c2Br)cc1OCc1cncc(C#N)c1. The Hall–Kier alpha value is -4.10. The molecule has 0 aliphatic carbocycles. The molecule has 0 unspecified atom stereocenters. The van der Waals surface area contributed by atoms with Crippen molar-refractivity contribution < 1.29 is 29.9 Å². The molecule has 0 radical (unpaired) electrons. The molecule has 0 saturated heterocycles. The number of aliphatic hydroxyl groups excluding tert-OH is 4. The fourth-order valence-corrected chi connectivity index (χ4v) is 6.84. The van der Waals surface area contributed by atoms with E-state index in [2.05, 4.69) is 55.4 Å². The number of aromatic nitrogens is 3. The van der Waals surface area contributed by atoms with Crippen LogP contribution in [0.5, 0.6) is 11.5 Å². The van der Waals surface area contributed by atoms with Crippen LogP contribution in [0.3, 0.4) is 0 Å². The molecule has 286 valence electrons. The summed E-state index contributed by atoms with van der Waals surface area (Å²) in [7, 11) is 0. The van der Waals surface area contributed by atoms with E-state index in [0.29, 0.717) is 46.3 Å². The molecular formula is C40H46BrClN6O6. The van der Waals surface area contributed by atoms with Crippen LogP contribution in [0.15, 0.2) is 77.7 Å². The molecule has 5 rings (SSSR count). The van der Waals surface area contributed by atoms with E-state index in [1.165, 1.54) is 6.20 Å². The minimum Gasteiger partial charge on any atom is -0.488 e. The summed E-state index contributed by atoms with van der Waals surface area (Å²) in [6, 6.07) is 19.5. The van der Waals surface area contributed by atoms with Gasteiger partial charge in [-0.3, -0.25) is 14.6 Å². The van der Waals surface area contributed by atoms with Crippen LogP contribution in [-0.2, 0) is 26.3 Å². The van der Waals surface area contributed by atoms with Gasteiger partial charge in [-0.1, -0.05) is 41.9 Å². The number of aliphatic hydroxyl groups is 4. The smallest absolute Gasteiger partial charge is 0.142 e. The Morgan fingerprint density at radius 2 is 1.63 bits per heavy atom. The first-order chi connectivity index (χ1) is 26.2. The number of ether oxygens (including phenoxy) is 2. The van der Waals surface area contributed by atoms with E-state index < -0.39 is 5.54 Å². The Morgan fingerprint density at radius 1 is 0.889 bits per heavy atom. The molecule has 0 saturated carbocycles. The van der Waals surface area contributed by atoms with Gasteiger partial charge in [0.15, 0.2) is 0 Å². The van der Waals surface area contributed by atoms with Crippen molar-refractivity contribution in [2.45, 2.75) is 51.6 Å². The molecular weight excluding hydrogens is 776 g/mol. The fourth-order valence-electron chi connectivity index (χ4n) is 6.00. The van der Waals surface area contributed by atoms with E-state index >= 15 is 0 Å². The predicted octanol–water partition coefficient (Wildman–Crippen LogP) is 5.44. The number of halogens is 2. The first-order valence-corrected chi connectivity index (χ1v) is 18.9. The van der Waals surface area contributed by atoms with Gasteiger partial charge in [0.2, 0.25) is 0 Å². The van der Waals surface area contributed by atoms with Crippen molar-refractivity contribution in [3.8, 4) is 28.7 Å². The van der Waals surface area contributed by atoms with Gasteiger partial charge in [-0.2, -0.15) is 10.4 Å². The number of benzene rings is 3. The summed E-state index contributed by atoms with van der Waals surface area (Å²) in [4.78, 5) is 6.18. The highest BCUT2D eigenvalue weighted by Gasteiger charge is 2.23. The average Bonchev–Trinajstić information content (AvgIpc) is 3.61. The molecule has 12 nitrogen and oxygen atoms in total. The van der Waals surface area contributed by atoms with Gasteiger partial charge in [-0.15, -0.1) is 0 Å². The number of aryl methyl sites for hydroxylation is 1. The molecule has 0 spiro atoms. The van der Waals surface area contributed by atoms with E-state index in [4.69, 9.17) is 26.2 Å². The van der Waals surface area contributed by atoms with Gasteiger partial charge in [-0.05, 0) is 71.6 Å². The Labute approximate surface area is 328 Å². The number of rotatable bonds is 21. The summed E-state index contributed by atoms with van der Waals surface area (Å²) < 4.78 is 15.4. The summed E-state index contributed by atoms with van der Waals surface area (Å²) in [6.45, 7) is 4.55. The Morgan fingerprint density at radius 3 is 2.37 bits per heavy atom. The van der Waals surface area contributed by atoms with Crippen molar-refractivity contribution in [1.29, 1.82) is 5.26 Å². The molecule has 14 heteroatoms. The summed E-state index contributed by atoms with van der Waals surface area (Å²) in [5.74, 6) is 0.884. The van der Waals surface area contributed by atoms with Gasteiger partial charge in [-0.25, -0.2) is 0 Å². The quantitative estimate of drug-likeness (QED) is 0.0598. The van der Waals surface area contributed by atoms with Crippen LogP contribution < -0.4 is 14.8 Å². The largest absolute Gasteiger partial charge is 0.488 e. The summed E-state index contributed by atoms with van der Waals surface area (Å²) >= 11 is 10.6. The van der Waals surface area contributed by atoms with E-state index in [0.717, 1.165) is 58.0 Å². The minimum absolute atomic E-state index is 0.0723. The molecule has 54 heavy (non-hydrogen) atoms. The van der Waals surface area contributed by atoms with E-state index in [9.17, 15) is 25.7 Å². The Bertz CT molecular complexity index is 2030. The lowest BCUT2D eigenvalue weighted by Gasteiger charge is -2.27. The molecule has 0 atom stereocenters. The third-order valence-corrected chi connectivity index (χ3v) is 10.4. The van der Waals surface area contributed by atoms with Crippen molar-refractivity contribution in [2.24, 2.45) is 0 Å². The number of nitrogens with one attached hydrogen (secondary N) is 1. The monoisotopic (exact) mass is 820 g/mol. The summed E-state index contributed by atoms with van der Waals surface area (Å²) in [6.07, 6.45) is 6.85. The van der Waals surface area contributed by atoms with Gasteiger partial charge in [0, 0.05) is 71.2 Å². The normalized spacial score (nSPS) is 11.7. The first-order valence-electron chi connectivity index (χ1n) is 17.8. The molecule has 2 aromatic heterocycles. The molecule has 0 bridgehead atoms. The number of unbranched alkanes of at least 4 members (excludes halogenated alkanes) is 1. The molecule has 5 N–H and O–H groups in total. The van der Waals surface area contributed by atoms with Crippen LogP contribution in [0, 0.1) is 11.3 Å². The van der Waals surface area contributed by atoms with Gasteiger partial charge < -0.3 is 35.2 Å². The lowest BCUT2D eigenvalue weighted by molar-refractivity contribution is 0.103. The third-order valence-electron chi connectivity index (χ3n) is 9.20. The van der Waals surface area contributed by atoms with Crippen LogP contribution in [0.25, 0.3) is 22.0 Å². The number of hydrogen-bond acceptors (Lipinski definition) is 11. The zero-order valence-electron chi connectivity index (χ0n) is 30.2. The lowest BCUT2D eigenvalue weighted by Crippen LogP contribution is -2.48. The van der Waals surface area contributed by atoms with Crippen LogP contribution in [0.2, 0.25) is 5.02 Å². The maximum Gasteiger partial charge on any atom is 0.142 e. The number of fused-ring (bicyclic) bond motifs is 1. The van der Waals surface area contributed by atoms with E-state index in [-0.39, 0.29) is 46.2 Å². The fraction of sp³-hybridized carbons (Fsp3) is 0.375. The van der Waals surface area contributed by atoms with Crippen molar-refractivity contribution >= 4 is 38.4 Å². The van der Waals surface area contributed by atoms with Crippen molar-refractivity contribution in [3.05, 3.63) is 105 Å². The van der Waals surface area contributed by atoms with Crippen LogP contribution in [0.1, 0.15) is 42.0 Å². The van der Waals surface area contributed by atoms with Crippen LogP contribution in [-0.4, -0.2) is 91.7 Å². The van der Waals surface area contributed by atoms with E-state index in [1.54, 1.807) is 31.3 Å². The minimum atomic E-state index is -0.922. The van der Waals surface area contributed by atoms with Crippen molar-refractivity contribution in [1.82, 2.24) is 25.0 Å². The number of nitriles is 1. The zero-order chi connectivity index (χ0) is 38.5. The van der Waals surface area contributed by atoms with Gasteiger partial charge in [0.1, 0.15) is 30.8 Å². The van der Waals surface area contributed by atoms with Gasteiger partial charge in [0.25, 0.3) is 0 Å². The molecule has 0 fully saturated rings. The highest BCUT2D eigenvalue weighted by molar-refractivity contribution is 9.10. The number of nitrogens with zero attached hydrogens (tertiary/aromatic N) is 5. The second-order valence-electron chi connectivity index (χ2n) is 13.3. The van der Waals surface area contributed by atoms with Crippen molar-refractivity contribution in [2.75, 3.05) is 46.1 Å². The topological polar surface area (TPSA) is 169 Å². The van der Waals surface area contributed by atoms with Gasteiger partial charge >= 0.3 is 0 Å². The standard InChI is InChI=1S/C40H46BrClN6O6/c1-40(26-51,27-52)45-22-31-17-35(42)38(18-37(31)53-24-29-16-28(19-43)20-44-21-29)54-25-30-6-4-8-33(39(30)41)32-7-5-9-36-34(32)23-46-48(36)11-3-2-10-47(12-14-49)13-15-50/h4-9,16-18,20-21,23,45,49-52H,2-3,10-15,22,24-27H2,1H3. The molecule has 5 aromatic rings. The molecule has 0 aliphatic rings. The first kappa shape index (κ1) is 41.1. The maximum absolute atomic E-state index is 9.81. The molecule has 0 aliphatic heterocycles. The molecule has 0 amide bonds. The van der Waals surface area contributed by atoms with Crippen LogP contribution >= 0.6 is 27.5 Å². The molecule has 2 heterocycles. The summed E-state index contributed by atoms with van der Waals surface area (Å²) in [5.41, 5.74) is 4.85. The number of hydrogen-bond donors (Lipinski definition) is 5. The Balaban J connectivity index is 1.33. The Kier molecular flexibility index (Phi) is 15.2. The van der Waals surface area contributed by atoms with Gasteiger partial charge in [0.05, 0.1) is 54.3 Å². The van der Waals surface area contributed by atoms with Crippen LogP contribution in [0.4, 0.5) is 0 Å². The van der Waals surface area contributed by atoms with Crippen molar-refractivity contribution in [3.63, 3.8) is 0 Å². The second kappa shape index (κ2) is 20.0. The molecule has 3 aromatic carbocycles. The maximum atomic E-state index is 9.81. The predicted molar refractivity (Wildman–Crippen MR) is 211 cm³/mol. The summed E-state index contributed by atoms with van der Waals surface area (Å²) in [5, 5.41) is 56.8. The highest BCUT2D eigenvalue weighted by atomic mass is 79.9. The number of pyridine rings is 1. The second-order valence-corrected chi connectivity index (χ2v) is 14.5. The highest BCUT2D eigenvalue weighted by Crippen LogP contribution is 2.38.